The highest BCUT2D eigenvalue weighted by atomic mass is 16.7. The van der Waals surface area contributed by atoms with E-state index < -0.39 is 5.79 Å². The van der Waals surface area contributed by atoms with E-state index in [0.717, 1.165) is 13.1 Å². The van der Waals surface area contributed by atoms with Crippen molar-refractivity contribution in [1.29, 1.82) is 0 Å². The standard InChI is InChI=1S/C16H25N5O3/c1-20(2)8-5-17-14-12-18-13(11-19-14)15(22)21-6-3-16(4-7-21)23-9-10-24-16/h11-12H,3-10H2,1-2H3,(H,17,19). The third kappa shape index (κ3) is 4.00. The zero-order chi connectivity index (χ0) is 17.0. The van der Waals surface area contributed by atoms with Crippen LogP contribution in [0, 0.1) is 0 Å². The van der Waals surface area contributed by atoms with E-state index in [1.54, 1.807) is 11.1 Å². The summed E-state index contributed by atoms with van der Waals surface area (Å²) in [6.45, 7) is 4.20. The zero-order valence-corrected chi connectivity index (χ0v) is 14.3. The number of nitrogens with one attached hydrogen (secondary N) is 1. The van der Waals surface area contributed by atoms with E-state index in [1.165, 1.54) is 6.20 Å². The molecule has 1 aromatic heterocycles. The maximum atomic E-state index is 12.5. The molecule has 2 saturated heterocycles. The average molecular weight is 335 g/mol. The number of carbonyl (C=O) groups excluding carboxylic acids is 1. The highest BCUT2D eigenvalue weighted by molar-refractivity contribution is 5.92. The highest BCUT2D eigenvalue weighted by Crippen LogP contribution is 2.31. The van der Waals surface area contributed by atoms with E-state index in [-0.39, 0.29) is 5.91 Å². The number of carbonyl (C=O) groups is 1. The lowest BCUT2D eigenvalue weighted by atomic mass is 10.0. The average Bonchev–Trinajstić information content (AvgIpc) is 3.03. The van der Waals surface area contributed by atoms with E-state index in [0.29, 0.717) is 50.7 Å². The van der Waals surface area contributed by atoms with Crippen LogP contribution in [0.15, 0.2) is 12.4 Å². The van der Waals surface area contributed by atoms with Gasteiger partial charge in [-0.2, -0.15) is 0 Å². The van der Waals surface area contributed by atoms with Crippen molar-refractivity contribution in [3.63, 3.8) is 0 Å². The van der Waals surface area contributed by atoms with Gasteiger partial charge >= 0.3 is 0 Å². The normalized spacial score (nSPS) is 19.9. The minimum Gasteiger partial charge on any atom is -0.368 e. The van der Waals surface area contributed by atoms with E-state index in [2.05, 4.69) is 20.2 Å². The molecule has 132 valence electrons. The molecule has 0 aliphatic carbocycles. The maximum absolute atomic E-state index is 12.5. The number of ether oxygens (including phenoxy) is 2. The van der Waals surface area contributed by atoms with Crippen LogP contribution in [0.5, 0.6) is 0 Å². The predicted molar refractivity (Wildman–Crippen MR) is 88.8 cm³/mol. The van der Waals surface area contributed by atoms with Gasteiger partial charge in [0.2, 0.25) is 0 Å². The molecule has 1 amide bonds. The molecule has 0 unspecified atom stereocenters. The van der Waals surface area contributed by atoms with Gasteiger partial charge in [0.25, 0.3) is 5.91 Å². The molecular formula is C16H25N5O3. The van der Waals surface area contributed by atoms with Crippen LogP contribution in [-0.4, -0.2) is 85.0 Å². The Morgan fingerprint density at radius 1 is 1.25 bits per heavy atom. The number of likely N-dealkylation sites (tertiary alicyclic amines) is 1. The van der Waals surface area contributed by atoms with Gasteiger partial charge in [0.15, 0.2) is 5.79 Å². The first-order chi connectivity index (χ1) is 11.6. The van der Waals surface area contributed by atoms with Crippen LogP contribution in [0.25, 0.3) is 0 Å². The molecule has 0 saturated carbocycles. The van der Waals surface area contributed by atoms with E-state index in [1.807, 2.05) is 14.1 Å². The fourth-order valence-electron chi connectivity index (χ4n) is 2.94. The minimum absolute atomic E-state index is 0.0878. The summed E-state index contributed by atoms with van der Waals surface area (Å²) in [5.41, 5.74) is 0.373. The highest BCUT2D eigenvalue weighted by Gasteiger charge is 2.41. The molecule has 0 atom stereocenters. The summed E-state index contributed by atoms with van der Waals surface area (Å²) in [6, 6.07) is 0. The van der Waals surface area contributed by atoms with Crippen molar-refractivity contribution in [3.05, 3.63) is 18.1 Å². The number of hydrogen-bond donors (Lipinski definition) is 1. The van der Waals surface area contributed by atoms with Crippen LogP contribution in [0.2, 0.25) is 0 Å². The lowest BCUT2D eigenvalue weighted by Crippen LogP contribution is -2.47. The molecule has 0 radical (unpaired) electrons. The zero-order valence-electron chi connectivity index (χ0n) is 14.3. The maximum Gasteiger partial charge on any atom is 0.274 e. The van der Waals surface area contributed by atoms with Crippen LogP contribution in [0.1, 0.15) is 23.3 Å². The Labute approximate surface area is 142 Å². The van der Waals surface area contributed by atoms with Crippen molar-refractivity contribution in [2.24, 2.45) is 0 Å². The summed E-state index contributed by atoms with van der Waals surface area (Å²) >= 11 is 0. The Hall–Kier alpha value is -1.77. The third-order valence-corrected chi connectivity index (χ3v) is 4.36. The molecule has 1 N–H and O–H groups in total. The summed E-state index contributed by atoms with van der Waals surface area (Å²) in [7, 11) is 4.03. The molecule has 1 aromatic rings. The van der Waals surface area contributed by atoms with Crippen LogP contribution in [0.3, 0.4) is 0 Å². The Morgan fingerprint density at radius 3 is 2.54 bits per heavy atom. The Balaban J connectivity index is 1.52. The topological polar surface area (TPSA) is 79.8 Å². The van der Waals surface area contributed by atoms with E-state index in [4.69, 9.17) is 9.47 Å². The van der Waals surface area contributed by atoms with Gasteiger partial charge in [-0.3, -0.25) is 4.79 Å². The van der Waals surface area contributed by atoms with Crippen molar-refractivity contribution < 1.29 is 14.3 Å². The summed E-state index contributed by atoms with van der Waals surface area (Å²) < 4.78 is 11.4. The van der Waals surface area contributed by atoms with Crippen molar-refractivity contribution in [2.75, 3.05) is 58.8 Å². The van der Waals surface area contributed by atoms with Crippen LogP contribution < -0.4 is 5.32 Å². The SMILES string of the molecule is CN(C)CCNc1cnc(C(=O)N2CCC3(CC2)OCCO3)cn1. The van der Waals surface area contributed by atoms with Gasteiger partial charge in [0, 0.05) is 39.0 Å². The lowest BCUT2D eigenvalue weighted by Gasteiger charge is -2.37. The van der Waals surface area contributed by atoms with Gasteiger partial charge < -0.3 is 24.6 Å². The first-order valence-corrected chi connectivity index (χ1v) is 8.36. The number of rotatable bonds is 5. The number of hydrogen-bond acceptors (Lipinski definition) is 7. The van der Waals surface area contributed by atoms with Crippen molar-refractivity contribution in [3.8, 4) is 0 Å². The largest absolute Gasteiger partial charge is 0.368 e. The first kappa shape index (κ1) is 17.1. The van der Waals surface area contributed by atoms with Gasteiger partial charge in [-0.15, -0.1) is 0 Å². The second-order valence-corrected chi connectivity index (χ2v) is 6.42. The van der Waals surface area contributed by atoms with Gasteiger partial charge in [0.05, 0.1) is 25.6 Å². The van der Waals surface area contributed by atoms with Gasteiger partial charge in [-0.05, 0) is 14.1 Å². The second kappa shape index (κ2) is 7.42. The number of amides is 1. The van der Waals surface area contributed by atoms with Gasteiger partial charge in [-0.1, -0.05) is 0 Å². The smallest absolute Gasteiger partial charge is 0.274 e. The Morgan fingerprint density at radius 2 is 1.96 bits per heavy atom. The summed E-state index contributed by atoms with van der Waals surface area (Å²) in [4.78, 5) is 24.9. The quantitative estimate of drug-likeness (QED) is 0.836. The number of likely N-dealkylation sites (N-methyl/N-ethyl adjacent to an activating group) is 1. The molecule has 8 nitrogen and oxygen atoms in total. The molecule has 0 bridgehead atoms. The molecule has 2 aliphatic heterocycles. The number of piperidine rings is 1. The first-order valence-electron chi connectivity index (χ1n) is 8.36. The van der Waals surface area contributed by atoms with Crippen molar-refractivity contribution >= 4 is 11.7 Å². The molecule has 24 heavy (non-hydrogen) atoms. The predicted octanol–water partition coefficient (Wildman–Crippen LogP) is 0.429. The third-order valence-electron chi connectivity index (χ3n) is 4.36. The molecule has 0 aromatic carbocycles. The Bertz CT molecular complexity index is 547. The Kier molecular flexibility index (Phi) is 5.27. The van der Waals surface area contributed by atoms with Gasteiger partial charge in [-0.25, -0.2) is 9.97 Å². The number of anilines is 1. The van der Waals surface area contributed by atoms with E-state index >= 15 is 0 Å². The second-order valence-electron chi connectivity index (χ2n) is 6.42. The molecule has 3 heterocycles. The van der Waals surface area contributed by atoms with Crippen molar-refractivity contribution in [2.45, 2.75) is 18.6 Å². The summed E-state index contributed by atoms with van der Waals surface area (Å²) in [5.74, 6) is 0.122. The van der Waals surface area contributed by atoms with Crippen LogP contribution in [0.4, 0.5) is 5.82 Å². The molecule has 2 fully saturated rings. The van der Waals surface area contributed by atoms with Crippen LogP contribution in [-0.2, 0) is 9.47 Å². The van der Waals surface area contributed by atoms with Crippen molar-refractivity contribution in [1.82, 2.24) is 19.8 Å². The molecule has 3 rings (SSSR count). The number of aromatic nitrogens is 2. The molecule has 8 heteroatoms. The summed E-state index contributed by atoms with van der Waals surface area (Å²) in [6.07, 6.45) is 4.55. The van der Waals surface area contributed by atoms with Gasteiger partial charge in [0.1, 0.15) is 11.5 Å². The monoisotopic (exact) mass is 335 g/mol. The lowest BCUT2D eigenvalue weighted by molar-refractivity contribution is -0.181. The van der Waals surface area contributed by atoms with E-state index in [9.17, 15) is 4.79 Å². The number of nitrogens with zero attached hydrogens (tertiary/aromatic N) is 4. The fraction of sp³-hybridized carbons (Fsp3) is 0.688. The fourth-order valence-corrected chi connectivity index (χ4v) is 2.94. The molecular weight excluding hydrogens is 310 g/mol. The summed E-state index contributed by atoms with van der Waals surface area (Å²) in [5, 5.41) is 3.18. The molecule has 2 aliphatic rings. The molecule has 1 spiro atoms. The van der Waals surface area contributed by atoms with Crippen LogP contribution >= 0.6 is 0 Å². The minimum atomic E-state index is -0.470.